The summed E-state index contributed by atoms with van der Waals surface area (Å²) in [6.07, 6.45) is 0. The molecule has 5 heteroatoms. The van der Waals surface area contributed by atoms with Crippen LogP contribution in [0.2, 0.25) is 0 Å². The molecule has 1 fully saturated rings. The maximum absolute atomic E-state index is 11.5. The second kappa shape index (κ2) is 4.32. The molecule has 1 aliphatic rings. The Morgan fingerprint density at radius 3 is 2.56 bits per heavy atom. The monoisotopic (exact) mass is 219 g/mol. The van der Waals surface area contributed by atoms with E-state index in [-0.39, 0.29) is 12.5 Å². The lowest BCUT2D eigenvalue weighted by molar-refractivity contribution is -0.125. The van der Waals surface area contributed by atoms with Gasteiger partial charge in [0.15, 0.2) is 0 Å². The van der Waals surface area contributed by atoms with Gasteiger partial charge in [-0.2, -0.15) is 0 Å². The molecule has 0 spiro atoms. The van der Waals surface area contributed by atoms with Crippen LogP contribution in [-0.4, -0.2) is 31.6 Å². The molecule has 1 heterocycles. The van der Waals surface area contributed by atoms with Gasteiger partial charge in [-0.3, -0.25) is 15.3 Å². The predicted molar refractivity (Wildman–Crippen MR) is 57.0 cm³/mol. The number of hydrogen-bond acceptors (Lipinski definition) is 3. The van der Waals surface area contributed by atoms with Crippen molar-refractivity contribution < 1.29 is 14.3 Å². The fourth-order valence-electron chi connectivity index (χ4n) is 1.58. The van der Waals surface area contributed by atoms with Crippen molar-refractivity contribution in [2.45, 2.75) is 0 Å². The SMILES string of the molecule is [NH]C(=O)c1ccc(N2CCOCC2=O)cc1. The molecule has 83 valence electrons. The van der Waals surface area contributed by atoms with Gasteiger partial charge in [0.25, 0.3) is 11.8 Å². The van der Waals surface area contributed by atoms with E-state index in [2.05, 4.69) is 0 Å². The van der Waals surface area contributed by atoms with Crippen molar-refractivity contribution in [2.24, 2.45) is 0 Å². The summed E-state index contributed by atoms with van der Waals surface area (Å²) in [4.78, 5) is 23.9. The zero-order valence-corrected chi connectivity index (χ0v) is 8.60. The van der Waals surface area contributed by atoms with Gasteiger partial charge < -0.3 is 9.64 Å². The van der Waals surface area contributed by atoms with Gasteiger partial charge in [-0.15, -0.1) is 0 Å². The van der Waals surface area contributed by atoms with Gasteiger partial charge in [-0.1, -0.05) is 0 Å². The maximum Gasteiger partial charge on any atom is 0.269 e. The van der Waals surface area contributed by atoms with E-state index in [4.69, 9.17) is 10.5 Å². The van der Waals surface area contributed by atoms with E-state index in [1.807, 2.05) is 0 Å². The van der Waals surface area contributed by atoms with Crippen molar-refractivity contribution in [1.29, 1.82) is 0 Å². The summed E-state index contributed by atoms with van der Waals surface area (Å²) in [6, 6.07) is 6.44. The maximum atomic E-state index is 11.5. The Morgan fingerprint density at radius 1 is 1.31 bits per heavy atom. The van der Waals surface area contributed by atoms with Crippen LogP contribution in [-0.2, 0) is 9.53 Å². The Hall–Kier alpha value is -1.88. The van der Waals surface area contributed by atoms with Gasteiger partial charge in [-0.05, 0) is 24.3 Å². The fourth-order valence-corrected chi connectivity index (χ4v) is 1.58. The number of ether oxygens (including phenoxy) is 1. The highest BCUT2D eigenvalue weighted by Gasteiger charge is 2.19. The first-order chi connectivity index (χ1) is 7.68. The van der Waals surface area contributed by atoms with Crippen LogP contribution in [0.15, 0.2) is 24.3 Å². The standard InChI is InChI=1S/C11H11N2O3/c12-11(15)8-1-3-9(4-2-8)13-5-6-16-7-10(13)14/h1-4,12H,5-7H2. The van der Waals surface area contributed by atoms with Crippen LogP contribution in [0.25, 0.3) is 0 Å². The zero-order valence-electron chi connectivity index (χ0n) is 8.60. The summed E-state index contributed by atoms with van der Waals surface area (Å²) in [7, 11) is 0. The average molecular weight is 219 g/mol. The number of carbonyl (C=O) groups is 2. The minimum atomic E-state index is -0.722. The minimum absolute atomic E-state index is 0.0869. The first-order valence-corrected chi connectivity index (χ1v) is 4.92. The molecule has 0 aromatic heterocycles. The van der Waals surface area contributed by atoms with Crippen molar-refractivity contribution in [2.75, 3.05) is 24.7 Å². The molecule has 16 heavy (non-hydrogen) atoms. The number of hydrogen-bond donors (Lipinski definition) is 0. The van der Waals surface area contributed by atoms with E-state index in [1.165, 1.54) is 0 Å². The van der Waals surface area contributed by atoms with Gasteiger partial charge in [0, 0.05) is 17.8 Å². The van der Waals surface area contributed by atoms with Crippen LogP contribution in [0.4, 0.5) is 5.69 Å². The van der Waals surface area contributed by atoms with Crippen molar-refractivity contribution in [3.63, 3.8) is 0 Å². The fraction of sp³-hybridized carbons (Fsp3) is 0.273. The lowest BCUT2D eigenvalue weighted by atomic mass is 10.2. The molecule has 2 rings (SSSR count). The quantitative estimate of drug-likeness (QED) is 0.726. The van der Waals surface area contributed by atoms with Crippen LogP contribution in [0.5, 0.6) is 0 Å². The van der Waals surface area contributed by atoms with Crippen LogP contribution in [0.3, 0.4) is 0 Å². The lowest BCUT2D eigenvalue weighted by Crippen LogP contribution is -2.41. The van der Waals surface area contributed by atoms with Crippen LogP contribution in [0, 0.1) is 0 Å². The second-order valence-corrected chi connectivity index (χ2v) is 3.47. The van der Waals surface area contributed by atoms with Crippen LogP contribution < -0.4 is 10.6 Å². The molecule has 1 radical (unpaired) electrons. The molecule has 1 N–H and O–H groups in total. The van der Waals surface area contributed by atoms with E-state index in [9.17, 15) is 9.59 Å². The Balaban J connectivity index is 2.20. The number of carbonyl (C=O) groups excluding carboxylic acids is 2. The second-order valence-electron chi connectivity index (χ2n) is 3.47. The first-order valence-electron chi connectivity index (χ1n) is 4.92. The molecular weight excluding hydrogens is 208 g/mol. The van der Waals surface area contributed by atoms with E-state index in [0.29, 0.717) is 18.7 Å². The predicted octanol–water partition coefficient (Wildman–Crippen LogP) is 0.473. The van der Waals surface area contributed by atoms with Crippen molar-refractivity contribution >= 4 is 17.5 Å². The van der Waals surface area contributed by atoms with Gasteiger partial charge in [0.05, 0.1) is 6.61 Å². The Kier molecular flexibility index (Phi) is 2.87. The summed E-state index contributed by atoms with van der Waals surface area (Å²) in [5, 5.41) is 0. The minimum Gasteiger partial charge on any atom is -0.370 e. The number of nitrogens with one attached hydrogen (secondary N) is 1. The average Bonchev–Trinajstić information content (AvgIpc) is 2.30. The van der Waals surface area contributed by atoms with Crippen molar-refractivity contribution in [3.8, 4) is 0 Å². The van der Waals surface area contributed by atoms with Gasteiger partial charge in [0.1, 0.15) is 6.61 Å². The third kappa shape index (κ3) is 2.04. The number of morpholine rings is 1. The Morgan fingerprint density at radius 2 is 2.00 bits per heavy atom. The van der Waals surface area contributed by atoms with E-state index >= 15 is 0 Å². The summed E-state index contributed by atoms with van der Waals surface area (Å²) in [5.74, 6) is -0.809. The topological polar surface area (TPSA) is 70.4 Å². The number of rotatable bonds is 2. The normalized spacial score (nSPS) is 16.2. The van der Waals surface area contributed by atoms with Crippen LogP contribution in [0.1, 0.15) is 10.4 Å². The number of nitrogens with zero attached hydrogens (tertiary/aromatic N) is 1. The first kappa shape index (κ1) is 10.6. The summed E-state index contributed by atoms with van der Waals surface area (Å²) in [5.41, 5.74) is 7.99. The summed E-state index contributed by atoms with van der Waals surface area (Å²) < 4.78 is 5.02. The Labute approximate surface area is 92.8 Å². The molecular formula is C11H11N2O3. The molecule has 0 unspecified atom stereocenters. The number of benzene rings is 1. The highest BCUT2D eigenvalue weighted by Crippen LogP contribution is 2.17. The molecule has 0 aliphatic carbocycles. The third-order valence-corrected chi connectivity index (χ3v) is 2.43. The Bertz CT molecular complexity index is 414. The molecule has 1 saturated heterocycles. The highest BCUT2D eigenvalue weighted by atomic mass is 16.5. The zero-order chi connectivity index (χ0) is 11.5. The number of anilines is 1. The van der Waals surface area contributed by atoms with E-state index in [0.717, 1.165) is 5.69 Å². The summed E-state index contributed by atoms with van der Waals surface area (Å²) in [6.45, 7) is 1.14. The van der Waals surface area contributed by atoms with Crippen molar-refractivity contribution in [1.82, 2.24) is 5.73 Å². The van der Waals surface area contributed by atoms with Gasteiger partial charge in [-0.25, -0.2) is 0 Å². The molecule has 1 aromatic rings. The molecule has 5 nitrogen and oxygen atoms in total. The molecule has 1 aromatic carbocycles. The molecule has 1 aliphatic heterocycles. The highest BCUT2D eigenvalue weighted by molar-refractivity contribution is 5.96. The molecule has 0 bridgehead atoms. The molecule has 0 atom stereocenters. The van der Waals surface area contributed by atoms with Crippen LogP contribution >= 0.6 is 0 Å². The largest absolute Gasteiger partial charge is 0.370 e. The summed E-state index contributed by atoms with van der Waals surface area (Å²) >= 11 is 0. The molecule has 2 amide bonds. The molecule has 0 saturated carbocycles. The van der Waals surface area contributed by atoms with E-state index < -0.39 is 5.91 Å². The van der Waals surface area contributed by atoms with Gasteiger partial charge in [0.2, 0.25) is 0 Å². The third-order valence-electron chi connectivity index (χ3n) is 2.43. The van der Waals surface area contributed by atoms with Crippen molar-refractivity contribution in [3.05, 3.63) is 29.8 Å². The smallest absolute Gasteiger partial charge is 0.269 e. The van der Waals surface area contributed by atoms with Gasteiger partial charge >= 0.3 is 0 Å². The van der Waals surface area contributed by atoms with E-state index in [1.54, 1.807) is 29.2 Å². The lowest BCUT2D eigenvalue weighted by Gasteiger charge is -2.26. The number of amides is 2.